The fraction of sp³-hybridized carbons (Fsp3) is 0.350. The average molecular weight is 378 g/mol. The number of aryl methyl sites for hydroxylation is 1. The zero-order valence-corrected chi connectivity index (χ0v) is 16.3. The molecule has 0 saturated carbocycles. The third kappa shape index (κ3) is 5.46. The number of rotatable bonds is 6. The lowest BCUT2D eigenvalue weighted by molar-refractivity contribution is 0.220. The number of carbonyl (C=O) groups excluding carboxylic acids is 1. The quantitative estimate of drug-likeness (QED) is 0.642. The molecule has 2 aromatic carbocycles. The number of urea groups is 1. The van der Waals surface area contributed by atoms with Gasteiger partial charge in [0, 0.05) is 29.4 Å². The second kappa shape index (κ2) is 9.03. The van der Waals surface area contributed by atoms with Crippen LogP contribution in [0.2, 0.25) is 0 Å². The zero-order chi connectivity index (χ0) is 19.3. The molecule has 26 heavy (non-hydrogen) atoms. The molecule has 0 saturated heterocycles. The van der Waals surface area contributed by atoms with Gasteiger partial charge in [-0.3, -0.25) is 0 Å². The summed E-state index contributed by atoms with van der Waals surface area (Å²) in [5.74, 6) is -1.81. The van der Waals surface area contributed by atoms with Crippen molar-refractivity contribution < 1.29 is 13.6 Å². The molecule has 2 aromatic rings. The molecular formula is C20H24F2N2OS. The smallest absolute Gasteiger partial charge is 0.321 e. The molecule has 0 radical (unpaired) electrons. The van der Waals surface area contributed by atoms with Crippen LogP contribution in [0.25, 0.3) is 0 Å². The standard InChI is InChI=1S/C20H24F2N2OS/c1-5-14(3)26-16-7-9-19(13(2)10-16)23-20(25)24(4)12-15-6-8-17(21)18(22)11-15/h6-11,14H,5,12H2,1-4H3,(H,23,25). The Kier molecular flexibility index (Phi) is 7.03. The normalized spacial score (nSPS) is 11.9. The van der Waals surface area contributed by atoms with Gasteiger partial charge in [-0.25, -0.2) is 13.6 Å². The lowest BCUT2D eigenvalue weighted by atomic mass is 10.2. The first kappa shape index (κ1) is 20.2. The van der Waals surface area contributed by atoms with Crippen LogP contribution in [0, 0.1) is 18.6 Å². The number of hydrogen-bond donors (Lipinski definition) is 1. The second-order valence-corrected chi connectivity index (χ2v) is 7.86. The van der Waals surface area contributed by atoms with Crippen molar-refractivity contribution in [3.8, 4) is 0 Å². The average Bonchev–Trinajstić information content (AvgIpc) is 2.60. The number of benzene rings is 2. The van der Waals surface area contributed by atoms with Crippen LogP contribution in [0.1, 0.15) is 31.4 Å². The van der Waals surface area contributed by atoms with Crippen LogP contribution in [0.3, 0.4) is 0 Å². The highest BCUT2D eigenvalue weighted by Crippen LogP contribution is 2.28. The van der Waals surface area contributed by atoms with Crippen molar-refractivity contribution >= 4 is 23.5 Å². The van der Waals surface area contributed by atoms with E-state index in [4.69, 9.17) is 0 Å². The van der Waals surface area contributed by atoms with Crippen LogP contribution in [-0.2, 0) is 6.54 Å². The lowest BCUT2D eigenvalue weighted by Crippen LogP contribution is -2.31. The molecule has 1 N–H and O–H groups in total. The summed E-state index contributed by atoms with van der Waals surface area (Å²) in [7, 11) is 1.61. The van der Waals surface area contributed by atoms with Crippen LogP contribution < -0.4 is 5.32 Å². The number of amides is 2. The van der Waals surface area contributed by atoms with Gasteiger partial charge < -0.3 is 10.2 Å². The molecule has 140 valence electrons. The first-order valence-electron chi connectivity index (χ1n) is 8.53. The zero-order valence-electron chi connectivity index (χ0n) is 15.5. The summed E-state index contributed by atoms with van der Waals surface area (Å²) in [5, 5.41) is 3.40. The van der Waals surface area contributed by atoms with E-state index in [1.807, 2.05) is 19.1 Å². The molecule has 1 atom stereocenters. The topological polar surface area (TPSA) is 32.3 Å². The summed E-state index contributed by atoms with van der Waals surface area (Å²) in [6.45, 7) is 6.47. The highest BCUT2D eigenvalue weighted by atomic mass is 32.2. The van der Waals surface area contributed by atoms with Gasteiger partial charge >= 0.3 is 6.03 Å². The molecule has 3 nitrogen and oxygen atoms in total. The third-order valence-corrected chi connectivity index (χ3v) is 5.36. The third-order valence-electron chi connectivity index (χ3n) is 4.10. The van der Waals surface area contributed by atoms with Gasteiger partial charge in [-0.2, -0.15) is 0 Å². The predicted molar refractivity (Wildman–Crippen MR) is 104 cm³/mol. The lowest BCUT2D eigenvalue weighted by Gasteiger charge is -2.19. The van der Waals surface area contributed by atoms with E-state index in [1.165, 1.54) is 15.9 Å². The first-order chi connectivity index (χ1) is 12.3. The molecule has 0 fully saturated rings. The number of thioether (sulfide) groups is 1. The van der Waals surface area contributed by atoms with Crippen molar-refractivity contribution in [2.24, 2.45) is 0 Å². The summed E-state index contributed by atoms with van der Waals surface area (Å²) in [6, 6.07) is 9.27. The molecule has 1 unspecified atom stereocenters. The maximum absolute atomic E-state index is 13.3. The van der Waals surface area contributed by atoms with E-state index in [2.05, 4.69) is 25.2 Å². The highest BCUT2D eigenvalue weighted by Gasteiger charge is 2.13. The van der Waals surface area contributed by atoms with E-state index in [0.717, 1.165) is 29.8 Å². The SMILES string of the molecule is CCC(C)Sc1ccc(NC(=O)N(C)Cc2ccc(F)c(F)c2)c(C)c1. The number of halogens is 2. The van der Waals surface area contributed by atoms with Gasteiger partial charge in [0.2, 0.25) is 0 Å². The molecule has 2 rings (SSSR count). The largest absolute Gasteiger partial charge is 0.323 e. The number of nitrogens with zero attached hydrogens (tertiary/aromatic N) is 1. The molecule has 0 aliphatic heterocycles. The maximum atomic E-state index is 13.3. The summed E-state index contributed by atoms with van der Waals surface area (Å²) in [5.41, 5.74) is 2.24. The van der Waals surface area contributed by atoms with Crippen molar-refractivity contribution in [1.29, 1.82) is 0 Å². The van der Waals surface area contributed by atoms with Gasteiger partial charge in [-0.15, -0.1) is 11.8 Å². The molecule has 0 aliphatic carbocycles. The van der Waals surface area contributed by atoms with Crippen LogP contribution in [-0.4, -0.2) is 23.2 Å². The summed E-state index contributed by atoms with van der Waals surface area (Å²) in [4.78, 5) is 15.0. The minimum atomic E-state index is -0.915. The fourth-order valence-corrected chi connectivity index (χ4v) is 3.38. The molecule has 0 aromatic heterocycles. The maximum Gasteiger partial charge on any atom is 0.321 e. The van der Waals surface area contributed by atoms with Gasteiger partial charge in [0.1, 0.15) is 0 Å². The minimum Gasteiger partial charge on any atom is -0.323 e. The molecule has 0 bridgehead atoms. The van der Waals surface area contributed by atoms with Gasteiger partial charge in [0.15, 0.2) is 11.6 Å². The first-order valence-corrected chi connectivity index (χ1v) is 9.41. The van der Waals surface area contributed by atoms with Gasteiger partial charge in [0.25, 0.3) is 0 Å². The Morgan fingerprint density at radius 1 is 1.19 bits per heavy atom. The van der Waals surface area contributed by atoms with Crippen molar-refractivity contribution in [1.82, 2.24) is 4.90 Å². The van der Waals surface area contributed by atoms with Crippen LogP contribution >= 0.6 is 11.8 Å². The van der Waals surface area contributed by atoms with Crippen LogP contribution in [0.15, 0.2) is 41.3 Å². The number of carbonyl (C=O) groups is 1. The van der Waals surface area contributed by atoms with Crippen molar-refractivity contribution in [2.75, 3.05) is 12.4 Å². The molecular weight excluding hydrogens is 354 g/mol. The van der Waals surface area contributed by atoms with Crippen LogP contribution in [0.4, 0.5) is 19.3 Å². The van der Waals surface area contributed by atoms with Gasteiger partial charge in [-0.05, 0) is 54.8 Å². The Bertz CT molecular complexity index is 782. The van der Waals surface area contributed by atoms with E-state index in [1.54, 1.807) is 18.8 Å². The monoisotopic (exact) mass is 378 g/mol. The van der Waals surface area contributed by atoms with Crippen molar-refractivity contribution in [3.63, 3.8) is 0 Å². The van der Waals surface area contributed by atoms with Crippen LogP contribution in [0.5, 0.6) is 0 Å². The van der Waals surface area contributed by atoms with E-state index in [9.17, 15) is 13.6 Å². The Labute approximate surface area is 157 Å². The number of anilines is 1. The van der Waals surface area contributed by atoms with E-state index < -0.39 is 11.6 Å². The Hall–Kier alpha value is -2.08. The number of nitrogens with one attached hydrogen (secondary N) is 1. The minimum absolute atomic E-state index is 0.185. The van der Waals surface area contributed by atoms with Crippen molar-refractivity contribution in [2.45, 2.75) is 43.9 Å². The van der Waals surface area contributed by atoms with Gasteiger partial charge in [-0.1, -0.05) is 19.9 Å². The Balaban J connectivity index is 2.00. The summed E-state index contributed by atoms with van der Waals surface area (Å²) < 4.78 is 26.3. The highest BCUT2D eigenvalue weighted by molar-refractivity contribution is 7.99. The van der Waals surface area contributed by atoms with Gasteiger partial charge in [0.05, 0.1) is 0 Å². The summed E-state index contributed by atoms with van der Waals surface area (Å²) in [6.07, 6.45) is 1.09. The fourth-order valence-electron chi connectivity index (χ4n) is 2.36. The van der Waals surface area contributed by atoms with E-state index in [0.29, 0.717) is 10.8 Å². The number of hydrogen-bond acceptors (Lipinski definition) is 2. The molecule has 0 spiro atoms. The summed E-state index contributed by atoms with van der Waals surface area (Å²) >= 11 is 1.81. The van der Waals surface area contributed by atoms with E-state index in [-0.39, 0.29) is 12.6 Å². The van der Waals surface area contributed by atoms with E-state index >= 15 is 0 Å². The predicted octanol–water partition coefficient (Wildman–Crippen LogP) is 5.83. The Morgan fingerprint density at radius 2 is 1.92 bits per heavy atom. The molecule has 0 aliphatic rings. The van der Waals surface area contributed by atoms with Crippen molar-refractivity contribution in [3.05, 3.63) is 59.2 Å². The Morgan fingerprint density at radius 3 is 2.54 bits per heavy atom. The molecule has 0 heterocycles. The molecule has 2 amide bonds. The molecule has 6 heteroatoms. The second-order valence-electron chi connectivity index (χ2n) is 6.35.